The molecule has 10 heteroatoms. The molecular formula is C17H21N5O5. The second kappa shape index (κ2) is 8.47. The van der Waals surface area contributed by atoms with Crippen molar-refractivity contribution in [1.82, 2.24) is 24.4 Å². The van der Waals surface area contributed by atoms with Gasteiger partial charge in [0.1, 0.15) is 6.10 Å². The Morgan fingerprint density at radius 1 is 1.30 bits per heavy atom. The minimum Gasteiger partial charge on any atom is -0.474 e. The van der Waals surface area contributed by atoms with E-state index in [1.54, 1.807) is 17.2 Å². The van der Waals surface area contributed by atoms with E-state index in [2.05, 4.69) is 15.0 Å². The van der Waals surface area contributed by atoms with E-state index in [1.807, 2.05) is 0 Å². The predicted octanol–water partition coefficient (Wildman–Crippen LogP) is -0.205. The van der Waals surface area contributed by atoms with Crippen LogP contribution >= 0.6 is 0 Å². The number of hydrogen-bond acceptors (Lipinski definition) is 7. The van der Waals surface area contributed by atoms with Crippen molar-refractivity contribution in [2.75, 3.05) is 20.2 Å². The van der Waals surface area contributed by atoms with Gasteiger partial charge in [0.05, 0.1) is 7.11 Å². The quantitative estimate of drug-likeness (QED) is 0.742. The Bertz CT molecular complexity index is 901. The predicted molar refractivity (Wildman–Crippen MR) is 94.8 cm³/mol. The molecule has 0 bridgehead atoms. The Morgan fingerprint density at radius 2 is 2.07 bits per heavy atom. The molecule has 27 heavy (non-hydrogen) atoms. The average molecular weight is 375 g/mol. The summed E-state index contributed by atoms with van der Waals surface area (Å²) < 4.78 is 12.1. The highest BCUT2D eigenvalue weighted by atomic mass is 16.5. The highest BCUT2D eigenvalue weighted by Gasteiger charge is 2.24. The van der Waals surface area contributed by atoms with Crippen LogP contribution in [-0.4, -0.2) is 56.6 Å². The minimum atomic E-state index is -0.511. The summed E-state index contributed by atoms with van der Waals surface area (Å²) in [6.07, 6.45) is 4.51. The summed E-state index contributed by atoms with van der Waals surface area (Å²) in [5, 5.41) is 0. The lowest BCUT2D eigenvalue weighted by atomic mass is 10.1. The molecule has 0 aliphatic carbocycles. The summed E-state index contributed by atoms with van der Waals surface area (Å²) in [7, 11) is 1.49. The molecule has 1 amide bonds. The number of carbonyl (C=O) groups is 1. The number of piperidine rings is 1. The number of carbonyl (C=O) groups excluding carboxylic acids is 1. The van der Waals surface area contributed by atoms with E-state index in [0.29, 0.717) is 31.8 Å². The number of hydrogen-bond donors (Lipinski definition) is 1. The summed E-state index contributed by atoms with van der Waals surface area (Å²) in [4.78, 5) is 47.0. The molecule has 1 N–H and O–H groups in total. The Hall–Kier alpha value is -3.17. The fourth-order valence-electron chi connectivity index (χ4n) is 2.88. The molecule has 1 fully saturated rings. The smallest absolute Gasteiger partial charge is 0.328 e. The van der Waals surface area contributed by atoms with Gasteiger partial charge in [-0.3, -0.25) is 14.6 Å². The van der Waals surface area contributed by atoms with Gasteiger partial charge in [0.15, 0.2) is 0 Å². The maximum atomic E-state index is 12.4. The van der Waals surface area contributed by atoms with Gasteiger partial charge in [0.25, 0.3) is 5.56 Å². The average Bonchev–Trinajstić information content (AvgIpc) is 2.68. The van der Waals surface area contributed by atoms with Gasteiger partial charge in [0.2, 0.25) is 11.8 Å². The van der Waals surface area contributed by atoms with Crippen molar-refractivity contribution in [2.45, 2.75) is 31.9 Å². The van der Waals surface area contributed by atoms with Gasteiger partial charge >= 0.3 is 11.7 Å². The first-order chi connectivity index (χ1) is 13.0. The van der Waals surface area contributed by atoms with Crippen molar-refractivity contribution in [1.29, 1.82) is 0 Å². The molecule has 0 aromatic carbocycles. The van der Waals surface area contributed by atoms with Crippen molar-refractivity contribution in [3.8, 4) is 11.9 Å². The van der Waals surface area contributed by atoms with Crippen molar-refractivity contribution in [2.24, 2.45) is 0 Å². The fourth-order valence-corrected chi connectivity index (χ4v) is 2.88. The third-order valence-corrected chi connectivity index (χ3v) is 4.34. The van der Waals surface area contributed by atoms with Crippen LogP contribution < -0.4 is 20.7 Å². The van der Waals surface area contributed by atoms with Gasteiger partial charge < -0.3 is 18.9 Å². The molecule has 2 aromatic heterocycles. The van der Waals surface area contributed by atoms with Crippen LogP contribution in [0.1, 0.15) is 19.3 Å². The molecule has 2 aromatic rings. The Balaban J connectivity index is 1.47. The largest absolute Gasteiger partial charge is 0.474 e. The molecule has 1 aliphatic rings. The van der Waals surface area contributed by atoms with Gasteiger partial charge in [0, 0.05) is 63.4 Å². The fraction of sp³-hybridized carbons (Fsp3) is 0.471. The molecule has 0 unspecified atom stereocenters. The molecule has 144 valence electrons. The van der Waals surface area contributed by atoms with Crippen LogP contribution in [0, 0.1) is 0 Å². The number of nitrogens with zero attached hydrogens (tertiary/aromatic N) is 4. The van der Waals surface area contributed by atoms with Crippen LogP contribution in [0.15, 0.2) is 34.1 Å². The monoisotopic (exact) mass is 375 g/mol. The van der Waals surface area contributed by atoms with Gasteiger partial charge in [-0.25, -0.2) is 9.78 Å². The first-order valence-electron chi connectivity index (χ1n) is 8.66. The lowest BCUT2D eigenvalue weighted by Gasteiger charge is -2.32. The van der Waals surface area contributed by atoms with Crippen LogP contribution in [0.3, 0.4) is 0 Å². The van der Waals surface area contributed by atoms with Crippen molar-refractivity contribution in [3.05, 3.63) is 45.4 Å². The van der Waals surface area contributed by atoms with Gasteiger partial charge in [-0.15, -0.1) is 0 Å². The van der Waals surface area contributed by atoms with Crippen LogP contribution in [0.4, 0.5) is 0 Å². The first kappa shape index (κ1) is 18.6. The zero-order valence-electron chi connectivity index (χ0n) is 15.0. The van der Waals surface area contributed by atoms with Crippen molar-refractivity contribution < 1.29 is 14.3 Å². The number of aromatic amines is 1. The summed E-state index contributed by atoms with van der Waals surface area (Å²) in [6.45, 7) is 1.38. The number of methoxy groups -OCH3 is 1. The van der Waals surface area contributed by atoms with Gasteiger partial charge in [-0.2, -0.15) is 4.98 Å². The van der Waals surface area contributed by atoms with E-state index in [0.717, 1.165) is 0 Å². The number of aromatic nitrogens is 4. The third kappa shape index (κ3) is 4.93. The van der Waals surface area contributed by atoms with Gasteiger partial charge in [-0.1, -0.05) is 0 Å². The lowest BCUT2D eigenvalue weighted by Crippen LogP contribution is -2.42. The maximum absolute atomic E-state index is 12.4. The second-order valence-electron chi connectivity index (χ2n) is 6.13. The zero-order valence-corrected chi connectivity index (χ0v) is 15.0. The summed E-state index contributed by atoms with van der Waals surface area (Å²) in [5.74, 6) is 0.416. The van der Waals surface area contributed by atoms with E-state index >= 15 is 0 Å². The van der Waals surface area contributed by atoms with Crippen LogP contribution in [0.2, 0.25) is 0 Å². The second-order valence-corrected chi connectivity index (χ2v) is 6.13. The molecule has 0 radical (unpaired) electrons. The standard InChI is InChI=1S/C17H21N5O5/c1-26-16-18-7-2-14(20-16)27-12-3-8-21(9-4-12)15(24)6-11-22-10-5-13(23)19-17(22)25/h2,5,7,10,12H,3-4,6,8-9,11H2,1H3,(H,19,23,25). The minimum absolute atomic E-state index is 0.0320. The zero-order chi connectivity index (χ0) is 19.2. The van der Waals surface area contributed by atoms with Crippen LogP contribution in [0.5, 0.6) is 11.9 Å². The number of amides is 1. The molecule has 3 heterocycles. The molecule has 0 saturated carbocycles. The van der Waals surface area contributed by atoms with Crippen molar-refractivity contribution >= 4 is 5.91 Å². The normalized spacial score (nSPS) is 14.8. The summed E-state index contributed by atoms with van der Waals surface area (Å²) in [5.41, 5.74) is -0.964. The Labute approximate surface area is 154 Å². The van der Waals surface area contributed by atoms with E-state index < -0.39 is 11.2 Å². The number of rotatable bonds is 6. The Morgan fingerprint density at radius 3 is 2.78 bits per heavy atom. The molecule has 1 aliphatic heterocycles. The number of likely N-dealkylation sites (tertiary alicyclic amines) is 1. The highest BCUT2D eigenvalue weighted by Crippen LogP contribution is 2.18. The topological polar surface area (TPSA) is 119 Å². The first-order valence-corrected chi connectivity index (χ1v) is 8.66. The van der Waals surface area contributed by atoms with E-state index in [9.17, 15) is 14.4 Å². The number of ether oxygens (including phenoxy) is 2. The molecule has 1 saturated heterocycles. The summed E-state index contributed by atoms with van der Waals surface area (Å²) >= 11 is 0. The molecule has 0 atom stereocenters. The van der Waals surface area contributed by atoms with E-state index in [4.69, 9.17) is 9.47 Å². The van der Waals surface area contributed by atoms with Crippen LogP contribution in [-0.2, 0) is 11.3 Å². The number of nitrogens with one attached hydrogen (secondary N) is 1. The maximum Gasteiger partial charge on any atom is 0.328 e. The molecule has 3 rings (SSSR count). The highest BCUT2D eigenvalue weighted by molar-refractivity contribution is 5.76. The number of aryl methyl sites for hydroxylation is 1. The molecule has 0 spiro atoms. The van der Waals surface area contributed by atoms with Crippen molar-refractivity contribution in [3.63, 3.8) is 0 Å². The van der Waals surface area contributed by atoms with Gasteiger partial charge in [-0.05, 0) is 0 Å². The third-order valence-electron chi connectivity index (χ3n) is 4.34. The SMILES string of the molecule is COc1nccc(OC2CCN(C(=O)CCn3ccc(=O)[nH]c3=O)CC2)n1. The van der Waals surface area contributed by atoms with E-state index in [-0.39, 0.29) is 31.0 Å². The number of H-pyrrole nitrogens is 1. The summed E-state index contributed by atoms with van der Waals surface area (Å²) in [6, 6.07) is 3.18. The van der Waals surface area contributed by atoms with Crippen LogP contribution in [0.25, 0.3) is 0 Å². The van der Waals surface area contributed by atoms with E-state index in [1.165, 1.54) is 23.9 Å². The lowest BCUT2D eigenvalue weighted by molar-refractivity contribution is -0.133. The Kier molecular flexibility index (Phi) is 5.84. The molecule has 10 nitrogen and oxygen atoms in total. The molecular weight excluding hydrogens is 354 g/mol.